The van der Waals surface area contributed by atoms with E-state index >= 15 is 0 Å². The molecule has 0 bridgehead atoms. The first-order valence-electron chi connectivity index (χ1n) is 6.14. The Bertz CT molecular complexity index is 441. The second-order valence-corrected chi connectivity index (χ2v) is 5.69. The zero-order chi connectivity index (χ0) is 11.7. The third kappa shape index (κ3) is 2.41. The zero-order valence-corrected chi connectivity index (χ0v) is 10.5. The van der Waals surface area contributed by atoms with Crippen molar-refractivity contribution < 1.29 is 4.79 Å². The van der Waals surface area contributed by atoms with Crippen molar-refractivity contribution in [2.75, 3.05) is 16.4 Å². The van der Waals surface area contributed by atoms with Gasteiger partial charge in [-0.05, 0) is 31.0 Å². The minimum absolute atomic E-state index is 0.0977. The maximum absolute atomic E-state index is 11.3. The van der Waals surface area contributed by atoms with Gasteiger partial charge in [-0.15, -0.1) is 11.8 Å². The van der Waals surface area contributed by atoms with Gasteiger partial charge in [0.2, 0.25) is 5.91 Å². The van der Waals surface area contributed by atoms with Gasteiger partial charge in [0, 0.05) is 16.6 Å². The first-order chi connectivity index (χ1) is 8.31. The third-order valence-corrected chi connectivity index (χ3v) is 4.41. The fourth-order valence-electron chi connectivity index (χ4n) is 2.48. The molecule has 3 rings (SSSR count). The molecule has 0 radical (unpaired) electrons. The molecule has 4 heteroatoms. The number of hydrogen-bond donors (Lipinski definition) is 2. The highest BCUT2D eigenvalue weighted by Crippen LogP contribution is 2.34. The molecule has 3 nitrogen and oxygen atoms in total. The summed E-state index contributed by atoms with van der Waals surface area (Å²) in [4.78, 5) is 12.5. The molecular formula is C13H16N2OS. The summed E-state index contributed by atoms with van der Waals surface area (Å²) < 4.78 is 0. The average molecular weight is 248 g/mol. The van der Waals surface area contributed by atoms with E-state index in [9.17, 15) is 4.79 Å². The molecule has 1 saturated carbocycles. The van der Waals surface area contributed by atoms with E-state index in [1.807, 2.05) is 0 Å². The predicted molar refractivity (Wildman–Crippen MR) is 71.7 cm³/mol. The number of benzene rings is 1. The molecule has 17 heavy (non-hydrogen) atoms. The minimum atomic E-state index is 0.0977. The Morgan fingerprint density at radius 1 is 1.29 bits per heavy atom. The standard InChI is InChI=1S/C13H16N2OS/c16-13-8-17-12-6-5-10(7-11(12)15-13)14-9-3-1-2-4-9/h5-7,9,14H,1-4,8H2,(H,15,16). The van der Waals surface area contributed by atoms with Gasteiger partial charge in [-0.2, -0.15) is 0 Å². The van der Waals surface area contributed by atoms with E-state index in [1.165, 1.54) is 30.6 Å². The smallest absolute Gasteiger partial charge is 0.234 e. The van der Waals surface area contributed by atoms with Crippen molar-refractivity contribution in [3.05, 3.63) is 18.2 Å². The van der Waals surface area contributed by atoms with Crippen molar-refractivity contribution in [2.24, 2.45) is 0 Å². The van der Waals surface area contributed by atoms with E-state index < -0.39 is 0 Å². The highest BCUT2D eigenvalue weighted by atomic mass is 32.2. The lowest BCUT2D eigenvalue weighted by molar-refractivity contribution is -0.113. The van der Waals surface area contributed by atoms with Crippen LogP contribution >= 0.6 is 11.8 Å². The zero-order valence-electron chi connectivity index (χ0n) is 9.66. The van der Waals surface area contributed by atoms with Crippen LogP contribution in [0.1, 0.15) is 25.7 Å². The molecule has 1 aliphatic carbocycles. The van der Waals surface area contributed by atoms with Crippen LogP contribution in [-0.2, 0) is 4.79 Å². The number of rotatable bonds is 2. The SMILES string of the molecule is O=C1CSc2ccc(NC3CCCC3)cc2N1. The van der Waals surface area contributed by atoms with Gasteiger partial charge >= 0.3 is 0 Å². The summed E-state index contributed by atoms with van der Waals surface area (Å²) >= 11 is 1.61. The summed E-state index contributed by atoms with van der Waals surface area (Å²) in [5.41, 5.74) is 2.08. The fourth-order valence-corrected chi connectivity index (χ4v) is 3.27. The highest BCUT2D eigenvalue weighted by Gasteiger charge is 2.17. The lowest BCUT2D eigenvalue weighted by Gasteiger charge is -2.19. The molecular weight excluding hydrogens is 232 g/mol. The molecule has 1 aromatic rings. The van der Waals surface area contributed by atoms with Crippen LogP contribution in [0.4, 0.5) is 11.4 Å². The van der Waals surface area contributed by atoms with Crippen molar-refractivity contribution >= 4 is 29.0 Å². The summed E-state index contributed by atoms with van der Waals surface area (Å²) in [6.07, 6.45) is 5.18. The third-order valence-electron chi connectivity index (χ3n) is 3.34. The van der Waals surface area contributed by atoms with Crippen LogP contribution in [0, 0.1) is 0 Å². The topological polar surface area (TPSA) is 41.1 Å². The van der Waals surface area contributed by atoms with Crippen molar-refractivity contribution in [3.8, 4) is 0 Å². The summed E-state index contributed by atoms with van der Waals surface area (Å²) in [6.45, 7) is 0. The van der Waals surface area contributed by atoms with Crippen LogP contribution in [0.15, 0.2) is 23.1 Å². The Kier molecular flexibility index (Phi) is 2.97. The van der Waals surface area contributed by atoms with Crippen molar-refractivity contribution in [3.63, 3.8) is 0 Å². The lowest BCUT2D eigenvalue weighted by Crippen LogP contribution is -2.19. The lowest BCUT2D eigenvalue weighted by atomic mass is 10.2. The monoisotopic (exact) mass is 248 g/mol. The fraction of sp³-hybridized carbons (Fsp3) is 0.462. The molecule has 0 spiro atoms. The number of carbonyl (C=O) groups is 1. The Labute approximate surface area is 105 Å². The molecule has 2 aliphatic rings. The summed E-state index contributed by atoms with van der Waals surface area (Å²) in [6, 6.07) is 6.87. The second kappa shape index (κ2) is 4.61. The average Bonchev–Trinajstić information content (AvgIpc) is 2.81. The molecule has 0 saturated heterocycles. The number of amides is 1. The highest BCUT2D eigenvalue weighted by molar-refractivity contribution is 8.00. The molecule has 2 N–H and O–H groups in total. The molecule has 1 aliphatic heterocycles. The minimum Gasteiger partial charge on any atom is -0.382 e. The Hall–Kier alpha value is -1.16. The van der Waals surface area contributed by atoms with Crippen LogP contribution in [0.2, 0.25) is 0 Å². The largest absolute Gasteiger partial charge is 0.382 e. The van der Waals surface area contributed by atoms with Gasteiger partial charge in [-0.3, -0.25) is 4.79 Å². The van der Waals surface area contributed by atoms with Crippen molar-refractivity contribution in [1.82, 2.24) is 0 Å². The molecule has 1 aromatic carbocycles. The molecule has 0 aromatic heterocycles. The molecule has 1 heterocycles. The number of carbonyl (C=O) groups excluding carboxylic acids is 1. The summed E-state index contributed by atoms with van der Waals surface area (Å²) in [5.74, 6) is 0.628. The van der Waals surface area contributed by atoms with Crippen LogP contribution in [-0.4, -0.2) is 17.7 Å². The number of fused-ring (bicyclic) bond motifs is 1. The summed E-state index contributed by atoms with van der Waals surface area (Å²) in [7, 11) is 0. The molecule has 1 amide bonds. The van der Waals surface area contributed by atoms with E-state index in [0.717, 1.165) is 11.4 Å². The van der Waals surface area contributed by atoms with Crippen molar-refractivity contribution in [2.45, 2.75) is 36.6 Å². The van der Waals surface area contributed by atoms with E-state index in [0.29, 0.717) is 11.8 Å². The first kappa shape index (κ1) is 11.0. The normalized spacial score (nSPS) is 19.9. The van der Waals surface area contributed by atoms with Crippen LogP contribution < -0.4 is 10.6 Å². The Morgan fingerprint density at radius 2 is 2.12 bits per heavy atom. The quantitative estimate of drug-likeness (QED) is 0.845. The van der Waals surface area contributed by atoms with Gasteiger partial charge in [0.05, 0.1) is 11.4 Å². The van der Waals surface area contributed by atoms with Gasteiger partial charge in [-0.1, -0.05) is 12.8 Å². The number of thioether (sulfide) groups is 1. The van der Waals surface area contributed by atoms with Crippen LogP contribution in [0.5, 0.6) is 0 Å². The maximum atomic E-state index is 11.3. The summed E-state index contributed by atoms with van der Waals surface area (Å²) in [5, 5.41) is 6.47. The molecule has 1 fully saturated rings. The van der Waals surface area contributed by atoms with Gasteiger partial charge in [0.25, 0.3) is 0 Å². The van der Waals surface area contributed by atoms with E-state index in [1.54, 1.807) is 11.8 Å². The van der Waals surface area contributed by atoms with Crippen molar-refractivity contribution in [1.29, 1.82) is 0 Å². The van der Waals surface area contributed by atoms with E-state index in [-0.39, 0.29) is 5.91 Å². The molecule has 90 valence electrons. The number of anilines is 2. The maximum Gasteiger partial charge on any atom is 0.234 e. The van der Waals surface area contributed by atoms with Gasteiger partial charge in [0.1, 0.15) is 0 Å². The van der Waals surface area contributed by atoms with Gasteiger partial charge in [0.15, 0.2) is 0 Å². The predicted octanol–water partition coefficient (Wildman–Crippen LogP) is 3.09. The van der Waals surface area contributed by atoms with Crippen LogP contribution in [0.3, 0.4) is 0 Å². The molecule has 0 atom stereocenters. The van der Waals surface area contributed by atoms with Crippen LogP contribution in [0.25, 0.3) is 0 Å². The Morgan fingerprint density at radius 3 is 2.94 bits per heavy atom. The number of hydrogen-bond acceptors (Lipinski definition) is 3. The van der Waals surface area contributed by atoms with Gasteiger partial charge in [-0.25, -0.2) is 0 Å². The van der Waals surface area contributed by atoms with Gasteiger partial charge < -0.3 is 10.6 Å². The Balaban J connectivity index is 1.77. The number of nitrogens with one attached hydrogen (secondary N) is 2. The molecule has 0 unspecified atom stereocenters. The van der Waals surface area contributed by atoms with E-state index in [2.05, 4.69) is 28.8 Å². The van der Waals surface area contributed by atoms with E-state index in [4.69, 9.17) is 0 Å². The second-order valence-electron chi connectivity index (χ2n) is 4.67. The first-order valence-corrected chi connectivity index (χ1v) is 7.13.